The number of rotatable bonds is 4. The summed E-state index contributed by atoms with van der Waals surface area (Å²) in [6.07, 6.45) is 0. The highest BCUT2D eigenvalue weighted by atomic mass is 35.5. The van der Waals surface area contributed by atoms with Crippen molar-refractivity contribution < 1.29 is 14.3 Å². The number of hydrogen-bond donors (Lipinski definition) is 2. The number of halogens is 1. The number of hydrogen-bond acceptors (Lipinski definition) is 4. The van der Waals surface area contributed by atoms with Crippen LogP contribution in [0.3, 0.4) is 0 Å². The number of carbonyl (C=O) groups is 1. The van der Waals surface area contributed by atoms with Crippen molar-refractivity contribution in [3.8, 4) is 11.5 Å². The molecule has 0 saturated heterocycles. The molecule has 100 valence electrons. The van der Waals surface area contributed by atoms with Crippen LogP contribution in [0.1, 0.15) is 17.3 Å². The number of carbonyl (C=O) groups excluding carboxylic acids is 1. The summed E-state index contributed by atoms with van der Waals surface area (Å²) in [7, 11) is 1.86. The Morgan fingerprint density at radius 2 is 2.11 bits per heavy atom. The smallest absolute Gasteiger partial charge is 0.251 e. The van der Waals surface area contributed by atoms with Crippen molar-refractivity contribution in [1.82, 2.24) is 10.6 Å². The van der Waals surface area contributed by atoms with E-state index in [9.17, 15) is 4.79 Å². The normalized spacial score (nSPS) is 13.7. The molecule has 1 aromatic rings. The summed E-state index contributed by atoms with van der Waals surface area (Å²) in [5.41, 5.74) is 0.581. The first-order valence-corrected chi connectivity index (χ1v) is 5.56. The Kier molecular flexibility index (Phi) is 5.25. The zero-order valence-electron chi connectivity index (χ0n) is 10.4. The highest BCUT2D eigenvalue weighted by Gasteiger charge is 2.16. The van der Waals surface area contributed by atoms with Crippen molar-refractivity contribution in [1.29, 1.82) is 0 Å². The minimum atomic E-state index is -0.106. The van der Waals surface area contributed by atoms with Crippen LogP contribution in [0.25, 0.3) is 0 Å². The second kappa shape index (κ2) is 6.47. The topological polar surface area (TPSA) is 59.6 Å². The first-order valence-electron chi connectivity index (χ1n) is 5.56. The van der Waals surface area contributed by atoms with Gasteiger partial charge in [0.2, 0.25) is 6.79 Å². The minimum absolute atomic E-state index is 0. The lowest BCUT2D eigenvalue weighted by atomic mass is 10.2. The van der Waals surface area contributed by atoms with Gasteiger partial charge in [0, 0.05) is 18.2 Å². The fourth-order valence-electron chi connectivity index (χ4n) is 1.49. The van der Waals surface area contributed by atoms with E-state index in [1.807, 2.05) is 14.0 Å². The lowest BCUT2D eigenvalue weighted by Crippen LogP contribution is -2.37. The Morgan fingerprint density at radius 3 is 2.83 bits per heavy atom. The van der Waals surface area contributed by atoms with Crippen LogP contribution >= 0.6 is 12.4 Å². The van der Waals surface area contributed by atoms with E-state index in [0.29, 0.717) is 23.6 Å². The molecule has 0 bridgehead atoms. The van der Waals surface area contributed by atoms with Crippen molar-refractivity contribution in [2.75, 3.05) is 20.4 Å². The van der Waals surface area contributed by atoms with Crippen molar-refractivity contribution in [3.63, 3.8) is 0 Å². The summed E-state index contributed by atoms with van der Waals surface area (Å²) in [5, 5.41) is 5.90. The minimum Gasteiger partial charge on any atom is -0.454 e. The quantitative estimate of drug-likeness (QED) is 0.864. The molecule has 5 nitrogen and oxygen atoms in total. The van der Waals surface area contributed by atoms with Crippen LogP contribution in [0.2, 0.25) is 0 Å². The molecule has 2 rings (SSSR count). The fourth-order valence-corrected chi connectivity index (χ4v) is 1.49. The van der Waals surface area contributed by atoms with Crippen molar-refractivity contribution in [2.45, 2.75) is 13.0 Å². The van der Waals surface area contributed by atoms with Crippen molar-refractivity contribution in [3.05, 3.63) is 23.8 Å². The first-order chi connectivity index (χ1) is 8.20. The van der Waals surface area contributed by atoms with Crippen molar-refractivity contribution in [2.24, 2.45) is 0 Å². The largest absolute Gasteiger partial charge is 0.454 e. The maximum atomic E-state index is 11.8. The maximum Gasteiger partial charge on any atom is 0.251 e. The molecule has 18 heavy (non-hydrogen) atoms. The molecule has 1 amide bonds. The average molecular weight is 273 g/mol. The Balaban J connectivity index is 0.00000162. The van der Waals surface area contributed by atoms with Crippen LogP contribution in [0.15, 0.2) is 18.2 Å². The monoisotopic (exact) mass is 272 g/mol. The molecular formula is C12H17ClN2O3. The average Bonchev–Trinajstić information content (AvgIpc) is 2.82. The first kappa shape index (κ1) is 14.6. The molecular weight excluding hydrogens is 256 g/mol. The summed E-state index contributed by atoms with van der Waals surface area (Å²) in [6, 6.07) is 5.42. The van der Waals surface area contributed by atoms with Crippen LogP contribution < -0.4 is 20.1 Å². The van der Waals surface area contributed by atoms with Gasteiger partial charge in [0.05, 0.1) is 0 Å². The second-order valence-corrected chi connectivity index (χ2v) is 3.97. The predicted octanol–water partition coefficient (Wildman–Crippen LogP) is 1.17. The summed E-state index contributed by atoms with van der Waals surface area (Å²) < 4.78 is 10.4. The number of ether oxygens (including phenoxy) is 2. The summed E-state index contributed by atoms with van der Waals surface area (Å²) in [4.78, 5) is 11.8. The number of amides is 1. The Morgan fingerprint density at radius 1 is 1.39 bits per heavy atom. The van der Waals surface area contributed by atoms with E-state index in [1.54, 1.807) is 18.2 Å². The number of fused-ring (bicyclic) bond motifs is 1. The number of nitrogens with one attached hydrogen (secondary N) is 2. The molecule has 1 heterocycles. The Bertz CT molecular complexity index is 426. The molecule has 0 spiro atoms. The molecule has 0 aromatic heterocycles. The van der Waals surface area contributed by atoms with Gasteiger partial charge in [-0.15, -0.1) is 12.4 Å². The third-order valence-corrected chi connectivity index (χ3v) is 2.70. The molecule has 0 radical (unpaired) electrons. The zero-order chi connectivity index (χ0) is 12.3. The Hall–Kier alpha value is -1.46. The molecule has 2 N–H and O–H groups in total. The van der Waals surface area contributed by atoms with Gasteiger partial charge in [0.1, 0.15) is 0 Å². The van der Waals surface area contributed by atoms with Crippen LogP contribution in [0.5, 0.6) is 11.5 Å². The van der Waals surface area contributed by atoms with Gasteiger partial charge in [0.25, 0.3) is 5.91 Å². The standard InChI is InChI=1S/C12H16N2O3.ClH/c1-8(13-2)6-14-12(15)9-3-4-10-11(5-9)17-7-16-10;/h3-5,8,13H,6-7H2,1-2H3,(H,14,15);1H. The van der Waals surface area contributed by atoms with Crippen molar-refractivity contribution >= 4 is 18.3 Å². The molecule has 0 aliphatic carbocycles. The third kappa shape index (κ3) is 3.27. The van der Waals surface area contributed by atoms with Gasteiger partial charge in [-0.1, -0.05) is 0 Å². The molecule has 1 unspecified atom stereocenters. The summed E-state index contributed by atoms with van der Waals surface area (Å²) >= 11 is 0. The molecule has 0 fully saturated rings. The molecule has 1 aliphatic heterocycles. The molecule has 0 saturated carbocycles. The lowest BCUT2D eigenvalue weighted by Gasteiger charge is -2.11. The summed E-state index contributed by atoms with van der Waals surface area (Å²) in [5.74, 6) is 1.20. The van der Waals surface area contributed by atoms with Gasteiger partial charge < -0.3 is 20.1 Å². The highest BCUT2D eigenvalue weighted by molar-refractivity contribution is 5.94. The lowest BCUT2D eigenvalue weighted by molar-refractivity contribution is 0.0950. The van der Waals surface area contributed by atoms with E-state index >= 15 is 0 Å². The van der Waals surface area contributed by atoms with Gasteiger partial charge >= 0.3 is 0 Å². The van der Waals surface area contributed by atoms with Crippen LogP contribution in [-0.2, 0) is 0 Å². The number of benzene rings is 1. The maximum absolute atomic E-state index is 11.8. The third-order valence-electron chi connectivity index (χ3n) is 2.70. The van der Waals surface area contributed by atoms with E-state index in [4.69, 9.17) is 9.47 Å². The molecule has 1 atom stereocenters. The van der Waals surface area contributed by atoms with Crippen LogP contribution in [-0.4, -0.2) is 32.3 Å². The number of likely N-dealkylation sites (N-methyl/N-ethyl adjacent to an activating group) is 1. The molecule has 1 aromatic carbocycles. The van der Waals surface area contributed by atoms with E-state index in [2.05, 4.69) is 10.6 Å². The Labute approximate surface area is 112 Å². The van der Waals surface area contributed by atoms with E-state index in [1.165, 1.54) is 0 Å². The zero-order valence-corrected chi connectivity index (χ0v) is 11.2. The van der Waals surface area contributed by atoms with E-state index < -0.39 is 0 Å². The molecule has 6 heteroatoms. The summed E-state index contributed by atoms with van der Waals surface area (Å²) in [6.45, 7) is 2.81. The van der Waals surface area contributed by atoms with Gasteiger partial charge in [-0.3, -0.25) is 4.79 Å². The van der Waals surface area contributed by atoms with E-state index in [-0.39, 0.29) is 31.1 Å². The van der Waals surface area contributed by atoms with Crippen LogP contribution in [0.4, 0.5) is 0 Å². The van der Waals surface area contributed by atoms with Crippen LogP contribution in [0, 0.1) is 0 Å². The predicted molar refractivity (Wildman–Crippen MR) is 70.7 cm³/mol. The van der Waals surface area contributed by atoms with Gasteiger partial charge in [-0.2, -0.15) is 0 Å². The second-order valence-electron chi connectivity index (χ2n) is 3.97. The fraction of sp³-hybridized carbons (Fsp3) is 0.417. The molecule has 1 aliphatic rings. The van der Waals surface area contributed by atoms with Gasteiger partial charge in [-0.05, 0) is 32.2 Å². The highest BCUT2D eigenvalue weighted by Crippen LogP contribution is 2.32. The van der Waals surface area contributed by atoms with Gasteiger partial charge in [-0.25, -0.2) is 0 Å². The SMILES string of the molecule is CNC(C)CNC(=O)c1ccc2c(c1)OCO2.Cl. The van der Waals surface area contributed by atoms with E-state index in [0.717, 1.165) is 0 Å². The van der Waals surface area contributed by atoms with Gasteiger partial charge in [0.15, 0.2) is 11.5 Å².